The Morgan fingerprint density at radius 1 is 1.45 bits per heavy atom. The van der Waals surface area contributed by atoms with Crippen molar-refractivity contribution in [3.05, 3.63) is 5.28 Å². The summed E-state index contributed by atoms with van der Waals surface area (Å²) in [5.74, 6) is 0.920. The van der Waals surface area contributed by atoms with Gasteiger partial charge in [-0.1, -0.05) is 19.8 Å². The molecule has 1 aliphatic carbocycles. The van der Waals surface area contributed by atoms with Crippen molar-refractivity contribution in [2.24, 2.45) is 5.92 Å². The maximum Gasteiger partial charge on any atom is 0.322 e. The molecule has 2 N–H and O–H groups in total. The fraction of sp³-hybridized carbons (Fsp3) is 0.769. The molecule has 6 nitrogen and oxygen atoms in total. The third-order valence-electron chi connectivity index (χ3n) is 3.63. The van der Waals surface area contributed by atoms with E-state index in [2.05, 4.69) is 27.2 Å². The van der Waals surface area contributed by atoms with Crippen molar-refractivity contribution in [1.29, 1.82) is 0 Å². The van der Waals surface area contributed by atoms with E-state index in [0.717, 1.165) is 19.3 Å². The van der Waals surface area contributed by atoms with Crippen LogP contribution in [0.1, 0.15) is 39.5 Å². The molecule has 1 fully saturated rings. The number of nitrogens with zero attached hydrogens (tertiary/aromatic N) is 3. The van der Waals surface area contributed by atoms with E-state index in [9.17, 15) is 5.11 Å². The fourth-order valence-corrected chi connectivity index (χ4v) is 2.93. The normalized spacial score (nSPS) is 26.3. The van der Waals surface area contributed by atoms with Gasteiger partial charge in [0.2, 0.25) is 11.2 Å². The monoisotopic (exact) mass is 300 g/mol. The van der Waals surface area contributed by atoms with Crippen molar-refractivity contribution in [3.8, 4) is 6.01 Å². The summed E-state index contributed by atoms with van der Waals surface area (Å²) in [7, 11) is 0. The van der Waals surface area contributed by atoms with Gasteiger partial charge in [-0.15, -0.1) is 0 Å². The molecular formula is C13H21ClN4O2. The molecule has 7 heteroatoms. The zero-order valence-electron chi connectivity index (χ0n) is 11.9. The van der Waals surface area contributed by atoms with Crippen molar-refractivity contribution in [2.45, 2.75) is 45.1 Å². The van der Waals surface area contributed by atoms with Crippen LogP contribution in [0.3, 0.4) is 0 Å². The van der Waals surface area contributed by atoms with Crippen LogP contribution in [0.4, 0.5) is 5.95 Å². The molecule has 0 amide bonds. The SMILES string of the molecule is CCOc1nc(Cl)nc(NC2(CO)CCCC(C)C2)n1. The number of nitrogens with one attached hydrogen (secondary N) is 1. The molecule has 112 valence electrons. The lowest BCUT2D eigenvalue weighted by Gasteiger charge is -2.39. The summed E-state index contributed by atoms with van der Waals surface area (Å²) >= 11 is 5.88. The highest BCUT2D eigenvalue weighted by molar-refractivity contribution is 6.28. The van der Waals surface area contributed by atoms with Gasteiger partial charge in [-0.2, -0.15) is 15.0 Å². The molecule has 0 radical (unpaired) electrons. The van der Waals surface area contributed by atoms with E-state index in [0.29, 0.717) is 18.5 Å². The minimum absolute atomic E-state index is 0.0462. The van der Waals surface area contributed by atoms with Crippen LogP contribution in [0.2, 0.25) is 5.28 Å². The summed E-state index contributed by atoms with van der Waals surface area (Å²) < 4.78 is 5.26. The topological polar surface area (TPSA) is 80.2 Å². The number of hydrogen-bond donors (Lipinski definition) is 2. The average molecular weight is 301 g/mol. The molecule has 0 aliphatic heterocycles. The number of anilines is 1. The Hall–Kier alpha value is -1.14. The standard InChI is InChI=1S/C13H21ClN4O2/c1-3-20-12-16-10(14)15-11(17-12)18-13(8-19)6-4-5-9(2)7-13/h9,19H,3-8H2,1-2H3,(H,15,16,17,18). The van der Waals surface area contributed by atoms with Crippen LogP contribution in [-0.4, -0.2) is 38.8 Å². The minimum atomic E-state index is -0.383. The summed E-state index contributed by atoms with van der Waals surface area (Å²) in [6.45, 7) is 4.55. The van der Waals surface area contributed by atoms with Gasteiger partial charge in [-0.3, -0.25) is 0 Å². The van der Waals surface area contributed by atoms with Crippen molar-refractivity contribution in [1.82, 2.24) is 15.0 Å². The zero-order valence-corrected chi connectivity index (χ0v) is 12.7. The van der Waals surface area contributed by atoms with Gasteiger partial charge in [0.25, 0.3) is 0 Å². The van der Waals surface area contributed by atoms with Crippen LogP contribution in [-0.2, 0) is 0 Å². The van der Waals surface area contributed by atoms with Crippen LogP contribution in [0.25, 0.3) is 0 Å². The third kappa shape index (κ3) is 3.70. The summed E-state index contributed by atoms with van der Waals surface area (Å²) in [5, 5.41) is 13.1. The van der Waals surface area contributed by atoms with Gasteiger partial charge >= 0.3 is 6.01 Å². The first-order valence-electron chi connectivity index (χ1n) is 7.00. The molecule has 2 unspecified atom stereocenters. The van der Waals surface area contributed by atoms with E-state index in [1.165, 1.54) is 6.42 Å². The maximum atomic E-state index is 9.76. The van der Waals surface area contributed by atoms with Crippen LogP contribution >= 0.6 is 11.6 Å². The predicted molar refractivity (Wildman–Crippen MR) is 77.1 cm³/mol. The molecule has 1 saturated carbocycles. The van der Waals surface area contributed by atoms with E-state index in [4.69, 9.17) is 16.3 Å². The Labute approximate surface area is 123 Å². The Morgan fingerprint density at radius 2 is 2.25 bits per heavy atom. The summed E-state index contributed by atoms with van der Waals surface area (Å²) in [6, 6.07) is 0.201. The van der Waals surface area contributed by atoms with Crippen LogP contribution in [0.5, 0.6) is 6.01 Å². The van der Waals surface area contributed by atoms with Crippen LogP contribution in [0.15, 0.2) is 0 Å². The average Bonchev–Trinajstić information content (AvgIpc) is 2.38. The van der Waals surface area contributed by atoms with Crippen molar-refractivity contribution in [3.63, 3.8) is 0 Å². The smallest absolute Gasteiger partial charge is 0.322 e. The number of aliphatic hydroxyl groups excluding tert-OH is 1. The van der Waals surface area contributed by atoms with Gasteiger partial charge < -0.3 is 15.2 Å². The molecule has 0 aromatic carbocycles. The van der Waals surface area contributed by atoms with Gasteiger partial charge in [0.05, 0.1) is 18.8 Å². The Balaban J connectivity index is 2.18. The Kier molecular flexibility index (Phi) is 4.99. The molecule has 0 spiro atoms. The zero-order chi connectivity index (χ0) is 14.6. The van der Waals surface area contributed by atoms with Crippen molar-refractivity contribution >= 4 is 17.5 Å². The number of rotatable bonds is 5. The van der Waals surface area contributed by atoms with Crippen LogP contribution in [0, 0.1) is 5.92 Å². The summed E-state index contributed by atoms with van der Waals surface area (Å²) in [5.41, 5.74) is -0.383. The van der Waals surface area contributed by atoms with E-state index in [-0.39, 0.29) is 23.4 Å². The van der Waals surface area contributed by atoms with Gasteiger partial charge in [0.15, 0.2) is 0 Å². The second kappa shape index (κ2) is 6.54. The molecule has 1 aliphatic rings. The summed E-state index contributed by atoms with van der Waals surface area (Å²) in [4.78, 5) is 12.2. The van der Waals surface area contributed by atoms with Crippen molar-refractivity contribution in [2.75, 3.05) is 18.5 Å². The third-order valence-corrected chi connectivity index (χ3v) is 3.80. The largest absolute Gasteiger partial charge is 0.464 e. The van der Waals surface area contributed by atoms with Crippen LogP contribution < -0.4 is 10.1 Å². The maximum absolute atomic E-state index is 9.76. The fourth-order valence-electron chi connectivity index (χ4n) is 2.78. The predicted octanol–water partition coefficient (Wildman–Crippen LogP) is 2.28. The Morgan fingerprint density at radius 3 is 2.90 bits per heavy atom. The van der Waals surface area contributed by atoms with E-state index < -0.39 is 0 Å². The Bertz CT molecular complexity index is 460. The molecular weight excluding hydrogens is 280 g/mol. The number of halogens is 1. The highest BCUT2D eigenvalue weighted by atomic mass is 35.5. The molecule has 2 rings (SSSR count). The lowest BCUT2D eigenvalue weighted by atomic mass is 9.77. The first-order valence-corrected chi connectivity index (χ1v) is 7.38. The molecule has 0 bridgehead atoms. The molecule has 1 aromatic rings. The molecule has 1 aromatic heterocycles. The molecule has 2 atom stereocenters. The van der Waals surface area contributed by atoms with Gasteiger partial charge in [-0.05, 0) is 37.3 Å². The number of ether oxygens (including phenoxy) is 1. The second-order valence-electron chi connectivity index (χ2n) is 5.41. The number of aromatic nitrogens is 3. The lowest BCUT2D eigenvalue weighted by Crippen LogP contribution is -2.46. The van der Waals surface area contributed by atoms with E-state index >= 15 is 0 Å². The van der Waals surface area contributed by atoms with Gasteiger partial charge in [-0.25, -0.2) is 0 Å². The molecule has 0 saturated heterocycles. The van der Waals surface area contributed by atoms with Crippen molar-refractivity contribution < 1.29 is 9.84 Å². The first-order chi connectivity index (χ1) is 9.57. The highest BCUT2D eigenvalue weighted by Crippen LogP contribution is 2.34. The van der Waals surface area contributed by atoms with E-state index in [1.54, 1.807) is 0 Å². The summed E-state index contributed by atoms with van der Waals surface area (Å²) in [6.07, 6.45) is 4.04. The van der Waals surface area contributed by atoms with E-state index in [1.807, 2.05) is 6.92 Å². The van der Waals surface area contributed by atoms with Gasteiger partial charge in [0, 0.05) is 0 Å². The molecule has 20 heavy (non-hydrogen) atoms. The second-order valence-corrected chi connectivity index (χ2v) is 5.75. The minimum Gasteiger partial charge on any atom is -0.464 e. The number of hydrogen-bond acceptors (Lipinski definition) is 6. The molecule has 1 heterocycles. The lowest BCUT2D eigenvalue weighted by molar-refractivity contribution is 0.149. The number of aliphatic hydroxyl groups is 1. The highest BCUT2D eigenvalue weighted by Gasteiger charge is 2.35. The van der Waals surface area contributed by atoms with Gasteiger partial charge in [0.1, 0.15) is 0 Å². The first kappa shape index (κ1) is 15.3. The quantitative estimate of drug-likeness (QED) is 0.868.